The maximum atomic E-state index is 14.1. The largest absolute Gasteiger partial charge is 0.451 e. The molecule has 0 unspecified atom stereocenters. The Morgan fingerprint density at radius 1 is 0.920 bits per heavy atom. The second kappa shape index (κ2) is 15.9. The first kappa shape index (κ1) is 35.2. The summed E-state index contributed by atoms with van der Waals surface area (Å²) in [4.78, 5) is 29.7. The standard InChI is InChI=1S/C39H41F4N3O4/c40-31-14-15-34-28(22-31)18-19-46(34)23-32(25-49-24-27-10-5-2-6-11-27)44-37(47)33(20-26-8-3-1-4-9-26)45-38(48)36-17-16-35(50-36)29-12-7-13-30(21-29)39(41,42)43/h2,5-7,10-17,21-22,26,32-33H,1,3-4,8-9,18-20,23-25H2,(H,44,47)(H,45,48)/t32-,33+/m1/s1. The highest BCUT2D eigenvalue weighted by atomic mass is 19.4. The average molecular weight is 692 g/mol. The Balaban J connectivity index is 1.18. The summed E-state index contributed by atoms with van der Waals surface area (Å²) in [5, 5.41) is 6.00. The fourth-order valence-electron chi connectivity index (χ4n) is 6.91. The lowest BCUT2D eigenvalue weighted by Gasteiger charge is -2.30. The van der Waals surface area contributed by atoms with Gasteiger partial charge in [-0.15, -0.1) is 0 Å². The van der Waals surface area contributed by atoms with E-state index in [4.69, 9.17) is 9.15 Å². The summed E-state index contributed by atoms with van der Waals surface area (Å²) in [5.41, 5.74) is 2.17. The topological polar surface area (TPSA) is 83.8 Å². The van der Waals surface area contributed by atoms with Crippen LogP contribution in [-0.4, -0.2) is 43.6 Å². The minimum absolute atomic E-state index is 0.107. The normalized spacial score (nSPS) is 16.1. The Bertz CT molecular complexity index is 1750. The quantitative estimate of drug-likeness (QED) is 0.139. The van der Waals surface area contributed by atoms with Gasteiger partial charge in [-0.3, -0.25) is 9.59 Å². The molecule has 0 bridgehead atoms. The van der Waals surface area contributed by atoms with Crippen LogP contribution in [0.1, 0.15) is 65.8 Å². The van der Waals surface area contributed by atoms with Crippen LogP contribution < -0.4 is 15.5 Å². The number of nitrogens with zero attached hydrogens (tertiary/aromatic N) is 1. The third kappa shape index (κ3) is 9.12. The van der Waals surface area contributed by atoms with Crippen LogP contribution in [0, 0.1) is 11.7 Å². The van der Waals surface area contributed by atoms with E-state index in [9.17, 15) is 27.2 Å². The highest BCUT2D eigenvalue weighted by molar-refractivity contribution is 5.96. The van der Waals surface area contributed by atoms with Gasteiger partial charge in [0.05, 0.1) is 24.8 Å². The van der Waals surface area contributed by atoms with E-state index in [0.29, 0.717) is 32.5 Å². The van der Waals surface area contributed by atoms with E-state index in [1.807, 2.05) is 30.3 Å². The van der Waals surface area contributed by atoms with Crippen molar-refractivity contribution in [3.63, 3.8) is 0 Å². The summed E-state index contributed by atoms with van der Waals surface area (Å²) in [6, 6.07) is 20.6. The molecule has 2 atom stereocenters. The summed E-state index contributed by atoms with van der Waals surface area (Å²) in [6.07, 6.45) is 1.73. The number of hydrogen-bond acceptors (Lipinski definition) is 5. The Labute approximate surface area is 289 Å². The molecule has 2 N–H and O–H groups in total. The molecule has 0 spiro atoms. The number of benzene rings is 3. The summed E-state index contributed by atoms with van der Waals surface area (Å²) >= 11 is 0. The van der Waals surface area contributed by atoms with E-state index < -0.39 is 29.7 Å². The number of halogens is 4. The number of anilines is 1. The lowest BCUT2D eigenvalue weighted by molar-refractivity contribution is -0.137. The molecular formula is C39H41F4N3O4. The number of hydrogen-bond donors (Lipinski definition) is 2. The highest BCUT2D eigenvalue weighted by Crippen LogP contribution is 2.33. The number of carbonyl (C=O) groups excluding carboxylic acids is 2. The maximum absolute atomic E-state index is 14.1. The van der Waals surface area contributed by atoms with Crippen molar-refractivity contribution < 1.29 is 36.3 Å². The fourth-order valence-corrected chi connectivity index (χ4v) is 6.91. The molecule has 0 radical (unpaired) electrons. The molecule has 264 valence electrons. The second-order valence-electron chi connectivity index (χ2n) is 13.2. The number of alkyl halides is 3. The van der Waals surface area contributed by atoms with E-state index in [2.05, 4.69) is 15.5 Å². The van der Waals surface area contributed by atoms with Gasteiger partial charge in [0.1, 0.15) is 17.6 Å². The number of fused-ring (bicyclic) bond motifs is 1. The molecule has 2 aliphatic rings. The monoisotopic (exact) mass is 691 g/mol. The van der Waals surface area contributed by atoms with E-state index >= 15 is 0 Å². The first-order chi connectivity index (χ1) is 24.1. The SMILES string of the molecule is O=C(N[C@@H](CC1CCCCC1)C(=O)N[C@@H](COCc1ccccc1)CN1CCc2cc(F)ccc21)c1ccc(-c2cccc(C(F)(F)F)c2)o1. The van der Waals surface area contributed by atoms with Crippen molar-refractivity contribution in [1.82, 2.24) is 10.6 Å². The summed E-state index contributed by atoms with van der Waals surface area (Å²) < 4.78 is 65.6. The molecule has 1 aliphatic carbocycles. The summed E-state index contributed by atoms with van der Waals surface area (Å²) in [6.45, 7) is 1.64. The van der Waals surface area contributed by atoms with Gasteiger partial charge in [0.25, 0.3) is 5.91 Å². The van der Waals surface area contributed by atoms with Gasteiger partial charge in [0.2, 0.25) is 5.91 Å². The Hall–Kier alpha value is -4.64. The number of amides is 2. The minimum Gasteiger partial charge on any atom is -0.451 e. The van der Waals surface area contributed by atoms with Crippen LogP contribution in [0.15, 0.2) is 89.3 Å². The summed E-state index contributed by atoms with van der Waals surface area (Å²) in [7, 11) is 0. The molecule has 1 fully saturated rings. The number of rotatable bonds is 13. The van der Waals surface area contributed by atoms with Crippen LogP contribution in [0.25, 0.3) is 11.3 Å². The van der Waals surface area contributed by atoms with E-state index in [1.54, 1.807) is 6.07 Å². The van der Waals surface area contributed by atoms with Crippen molar-refractivity contribution in [2.75, 3.05) is 24.6 Å². The molecule has 11 heteroatoms. The Morgan fingerprint density at radius 3 is 2.50 bits per heavy atom. The van der Waals surface area contributed by atoms with Gasteiger partial charge >= 0.3 is 6.18 Å². The number of ether oxygens (including phenoxy) is 1. The maximum Gasteiger partial charge on any atom is 0.416 e. The molecular weight excluding hydrogens is 650 g/mol. The highest BCUT2D eigenvalue weighted by Gasteiger charge is 2.32. The van der Waals surface area contributed by atoms with Gasteiger partial charge < -0.3 is 24.7 Å². The number of furan rings is 1. The van der Waals surface area contributed by atoms with Crippen LogP contribution in [0.3, 0.4) is 0 Å². The van der Waals surface area contributed by atoms with Crippen LogP contribution in [0.2, 0.25) is 0 Å². The third-order valence-corrected chi connectivity index (χ3v) is 9.47. The van der Waals surface area contributed by atoms with Crippen LogP contribution >= 0.6 is 0 Å². The summed E-state index contributed by atoms with van der Waals surface area (Å²) in [5.74, 6) is -1.04. The Kier molecular flexibility index (Phi) is 11.2. The van der Waals surface area contributed by atoms with E-state index in [-0.39, 0.29) is 41.3 Å². The molecule has 50 heavy (non-hydrogen) atoms. The minimum atomic E-state index is -4.52. The Morgan fingerprint density at radius 2 is 1.72 bits per heavy atom. The smallest absolute Gasteiger partial charge is 0.416 e. The van der Waals surface area contributed by atoms with Crippen molar-refractivity contribution in [2.45, 2.75) is 69.8 Å². The van der Waals surface area contributed by atoms with Crippen LogP contribution in [0.4, 0.5) is 23.2 Å². The zero-order valence-corrected chi connectivity index (χ0v) is 27.7. The zero-order chi connectivity index (χ0) is 35.1. The van der Waals surface area contributed by atoms with Crippen molar-refractivity contribution in [2.24, 2.45) is 5.92 Å². The van der Waals surface area contributed by atoms with Gasteiger partial charge in [-0.2, -0.15) is 13.2 Å². The van der Waals surface area contributed by atoms with E-state index in [1.165, 1.54) is 36.4 Å². The lowest BCUT2D eigenvalue weighted by Crippen LogP contribution is -2.54. The molecule has 2 amide bonds. The predicted octanol–water partition coefficient (Wildman–Crippen LogP) is 7.94. The third-order valence-electron chi connectivity index (χ3n) is 9.47. The number of nitrogens with one attached hydrogen (secondary N) is 2. The first-order valence-electron chi connectivity index (χ1n) is 17.2. The number of carbonyl (C=O) groups is 2. The first-order valence-corrected chi connectivity index (χ1v) is 17.2. The van der Waals surface area contributed by atoms with E-state index in [0.717, 1.165) is 61.1 Å². The molecule has 3 aromatic carbocycles. The van der Waals surface area contributed by atoms with Gasteiger partial charge in [0.15, 0.2) is 5.76 Å². The molecule has 2 heterocycles. The molecule has 1 aromatic heterocycles. The van der Waals surface area contributed by atoms with Gasteiger partial charge in [0, 0.05) is 24.3 Å². The van der Waals surface area contributed by atoms with Gasteiger partial charge in [-0.1, -0.05) is 74.6 Å². The van der Waals surface area contributed by atoms with Crippen molar-refractivity contribution in [3.05, 3.63) is 113 Å². The molecule has 0 saturated heterocycles. The molecule has 1 aliphatic heterocycles. The van der Waals surface area contributed by atoms with Crippen LogP contribution in [0.5, 0.6) is 0 Å². The van der Waals surface area contributed by atoms with Gasteiger partial charge in [-0.25, -0.2) is 4.39 Å². The molecule has 4 aromatic rings. The predicted molar refractivity (Wildman–Crippen MR) is 182 cm³/mol. The van der Waals surface area contributed by atoms with Crippen molar-refractivity contribution in [3.8, 4) is 11.3 Å². The second-order valence-corrected chi connectivity index (χ2v) is 13.2. The molecule has 1 saturated carbocycles. The molecule has 6 rings (SSSR count). The fraction of sp³-hybridized carbons (Fsp3) is 0.385. The molecule has 7 nitrogen and oxygen atoms in total. The van der Waals surface area contributed by atoms with Gasteiger partial charge in [-0.05, 0) is 72.4 Å². The van der Waals surface area contributed by atoms with Crippen LogP contribution in [-0.2, 0) is 28.7 Å². The lowest BCUT2D eigenvalue weighted by atomic mass is 9.84. The zero-order valence-electron chi connectivity index (χ0n) is 27.7. The van der Waals surface area contributed by atoms with Crippen molar-refractivity contribution >= 4 is 17.5 Å². The average Bonchev–Trinajstić information content (AvgIpc) is 3.76. The van der Waals surface area contributed by atoms with Crippen molar-refractivity contribution in [1.29, 1.82) is 0 Å².